The molecular formula is C28H25N5O6S3. The quantitative estimate of drug-likeness (QED) is 0.262. The Balaban J connectivity index is 1.54. The van der Waals surface area contributed by atoms with Gasteiger partial charge in [0.15, 0.2) is 0 Å². The van der Waals surface area contributed by atoms with Crippen LogP contribution < -0.4 is 19.5 Å². The number of sulfonamides is 1. The molecule has 5 aromatic rings. The lowest BCUT2D eigenvalue weighted by molar-refractivity contribution is 0.0943. The van der Waals surface area contributed by atoms with Crippen LogP contribution in [0.25, 0.3) is 31.2 Å². The molecule has 1 aromatic carbocycles. The van der Waals surface area contributed by atoms with Crippen molar-refractivity contribution in [2.45, 2.75) is 18.4 Å². The van der Waals surface area contributed by atoms with E-state index < -0.39 is 15.9 Å². The van der Waals surface area contributed by atoms with E-state index >= 15 is 0 Å². The maximum absolute atomic E-state index is 13.6. The Labute approximate surface area is 249 Å². The van der Waals surface area contributed by atoms with Crippen LogP contribution >= 0.6 is 22.7 Å². The van der Waals surface area contributed by atoms with E-state index in [4.69, 9.17) is 14.2 Å². The number of benzene rings is 1. The highest BCUT2D eigenvalue weighted by Gasteiger charge is 2.24. The van der Waals surface area contributed by atoms with Crippen LogP contribution in [-0.2, 0) is 21.3 Å². The summed E-state index contributed by atoms with van der Waals surface area (Å²) in [4.78, 5) is 29.5. The van der Waals surface area contributed by atoms with Gasteiger partial charge in [0.2, 0.25) is 5.88 Å². The normalized spacial score (nSPS) is 14.1. The number of nitrogens with zero attached hydrogens (tertiary/aromatic N) is 3. The molecule has 1 aliphatic heterocycles. The van der Waals surface area contributed by atoms with Crippen molar-refractivity contribution in [2.75, 3.05) is 32.2 Å². The molecule has 6 rings (SSSR count). The van der Waals surface area contributed by atoms with Crippen molar-refractivity contribution in [1.29, 1.82) is 0 Å². The largest absolute Gasteiger partial charge is 0.490 e. The third kappa shape index (κ3) is 5.17. The fourth-order valence-corrected chi connectivity index (χ4v) is 7.90. The molecule has 0 unspecified atom stereocenters. The van der Waals surface area contributed by atoms with E-state index in [-0.39, 0.29) is 40.9 Å². The first kappa shape index (κ1) is 28.0. The average molecular weight is 624 g/mol. The summed E-state index contributed by atoms with van der Waals surface area (Å²) in [5, 5.41) is 2.89. The van der Waals surface area contributed by atoms with Crippen molar-refractivity contribution in [3.8, 4) is 32.6 Å². The molecule has 11 nitrogen and oxygen atoms in total. The highest BCUT2D eigenvalue weighted by Crippen LogP contribution is 2.43. The van der Waals surface area contributed by atoms with Crippen molar-refractivity contribution in [3.05, 3.63) is 64.9 Å². The van der Waals surface area contributed by atoms with E-state index in [1.807, 2.05) is 19.1 Å². The van der Waals surface area contributed by atoms with Crippen LogP contribution in [0.3, 0.4) is 0 Å². The number of rotatable bonds is 5. The number of amides is 1. The second kappa shape index (κ2) is 11.3. The van der Waals surface area contributed by atoms with Gasteiger partial charge in [-0.25, -0.2) is 23.4 Å². The molecule has 0 atom stereocenters. The maximum atomic E-state index is 13.6. The molecule has 1 amide bonds. The van der Waals surface area contributed by atoms with Crippen molar-refractivity contribution < 1.29 is 27.4 Å². The number of nitrogens with one attached hydrogen (secondary N) is 2. The molecule has 14 heteroatoms. The molecule has 4 aromatic heterocycles. The Morgan fingerprint density at radius 2 is 1.88 bits per heavy atom. The first-order valence-electron chi connectivity index (χ1n) is 12.7. The van der Waals surface area contributed by atoms with Gasteiger partial charge in [0.1, 0.15) is 30.1 Å². The Bertz CT molecular complexity index is 1940. The van der Waals surface area contributed by atoms with Crippen molar-refractivity contribution in [2.24, 2.45) is 0 Å². The van der Waals surface area contributed by atoms with Crippen molar-refractivity contribution >= 4 is 54.5 Å². The monoisotopic (exact) mass is 623 g/mol. The summed E-state index contributed by atoms with van der Waals surface area (Å²) >= 11 is 3.02. The van der Waals surface area contributed by atoms with E-state index in [2.05, 4.69) is 25.0 Å². The van der Waals surface area contributed by atoms with Gasteiger partial charge in [0, 0.05) is 28.6 Å². The lowest BCUT2D eigenvalue weighted by Crippen LogP contribution is -2.24. The zero-order valence-corrected chi connectivity index (χ0v) is 25.2. The predicted molar refractivity (Wildman–Crippen MR) is 161 cm³/mol. The second-order valence-electron chi connectivity index (χ2n) is 9.29. The third-order valence-corrected chi connectivity index (χ3v) is 10.4. The highest BCUT2D eigenvalue weighted by molar-refractivity contribution is 7.92. The molecule has 1 aliphatic rings. The molecule has 0 fully saturated rings. The van der Waals surface area contributed by atoms with E-state index in [1.54, 1.807) is 12.3 Å². The van der Waals surface area contributed by atoms with E-state index in [1.165, 1.54) is 61.4 Å². The van der Waals surface area contributed by atoms with E-state index in [9.17, 15) is 13.2 Å². The SMILES string of the molecule is COCCOc1ccc2cc1C(=O)NCc1ccc(s1)-c1ncnc3c(C)c(sc13)-c1cnc(OC)c(c1)NS2(=O)=O. The minimum atomic E-state index is -4.18. The van der Waals surface area contributed by atoms with Gasteiger partial charge in [0.05, 0.1) is 45.8 Å². The second-order valence-corrected chi connectivity index (χ2v) is 13.2. The van der Waals surface area contributed by atoms with Gasteiger partial charge >= 0.3 is 0 Å². The summed E-state index contributed by atoms with van der Waals surface area (Å²) in [5.41, 5.74) is 3.42. The van der Waals surface area contributed by atoms with Gasteiger partial charge < -0.3 is 19.5 Å². The molecule has 2 N–H and O–H groups in total. The van der Waals surface area contributed by atoms with Gasteiger partial charge in [-0.15, -0.1) is 22.7 Å². The topological polar surface area (TPSA) is 142 Å². The number of aromatic nitrogens is 3. The zero-order valence-electron chi connectivity index (χ0n) is 22.8. The van der Waals surface area contributed by atoms with Crippen LogP contribution in [0.5, 0.6) is 11.6 Å². The number of hydrogen-bond acceptors (Lipinski definition) is 11. The number of fused-ring (bicyclic) bond motifs is 9. The predicted octanol–water partition coefficient (Wildman–Crippen LogP) is 4.87. The number of methoxy groups -OCH3 is 2. The average Bonchev–Trinajstić information content (AvgIpc) is 3.60. The van der Waals surface area contributed by atoms with Crippen LogP contribution in [0.1, 0.15) is 20.8 Å². The smallest absolute Gasteiger partial charge is 0.262 e. The number of aryl methyl sites for hydroxylation is 1. The summed E-state index contributed by atoms with van der Waals surface area (Å²) in [5.74, 6) is -0.156. The number of ether oxygens (including phenoxy) is 3. The molecule has 0 aliphatic carbocycles. The van der Waals surface area contributed by atoms with Crippen LogP contribution in [0, 0.1) is 6.92 Å². The number of carbonyl (C=O) groups excluding carboxylic acids is 1. The number of hydrogen-bond donors (Lipinski definition) is 2. The first-order chi connectivity index (χ1) is 20.3. The minimum absolute atomic E-state index is 0.0728. The summed E-state index contributed by atoms with van der Waals surface area (Å²) in [7, 11) is -1.23. The Morgan fingerprint density at radius 3 is 2.69 bits per heavy atom. The molecule has 5 heterocycles. The van der Waals surface area contributed by atoms with Gasteiger partial charge in [-0.2, -0.15) is 0 Å². The molecule has 8 bridgehead atoms. The highest BCUT2D eigenvalue weighted by atomic mass is 32.2. The summed E-state index contributed by atoms with van der Waals surface area (Å²) in [6, 6.07) is 9.72. The van der Waals surface area contributed by atoms with Crippen molar-refractivity contribution in [3.63, 3.8) is 0 Å². The number of pyridine rings is 1. The molecule has 0 saturated heterocycles. The molecule has 0 saturated carbocycles. The fraction of sp³-hybridized carbons (Fsp3) is 0.214. The molecule has 0 spiro atoms. The lowest BCUT2D eigenvalue weighted by Gasteiger charge is -2.15. The number of thiophene rings is 2. The molecule has 42 heavy (non-hydrogen) atoms. The summed E-state index contributed by atoms with van der Waals surface area (Å²) in [6.45, 7) is 2.67. The lowest BCUT2D eigenvalue weighted by atomic mass is 10.1. The zero-order chi connectivity index (χ0) is 29.4. The van der Waals surface area contributed by atoms with Crippen LogP contribution in [-0.4, -0.2) is 56.7 Å². The Hall–Kier alpha value is -4.11. The Morgan fingerprint density at radius 1 is 1.02 bits per heavy atom. The summed E-state index contributed by atoms with van der Waals surface area (Å²) in [6.07, 6.45) is 3.17. The number of carbonyl (C=O) groups is 1. The van der Waals surface area contributed by atoms with Crippen LogP contribution in [0.4, 0.5) is 5.69 Å². The maximum Gasteiger partial charge on any atom is 0.262 e. The fourth-order valence-electron chi connectivity index (χ4n) is 4.57. The standard InChI is InChI=1S/C28H25N5O6S3/c1-15-23-26-24(32-14-31-23)22-7-4-17(40-22)13-29-27(34)19-11-18(5-6-21(19)39-9-8-37-2)42(35,36)33-20-10-16(25(15)41-26)12-30-28(20)38-3/h4-7,10-12,14,33H,8-9,13H2,1-3H3,(H,29,34). The summed E-state index contributed by atoms with van der Waals surface area (Å²) < 4.78 is 46.9. The van der Waals surface area contributed by atoms with E-state index in [0.29, 0.717) is 12.2 Å². The Kier molecular flexibility index (Phi) is 7.53. The van der Waals surface area contributed by atoms with Crippen LogP contribution in [0.15, 0.2) is 53.8 Å². The van der Waals surface area contributed by atoms with Gasteiger partial charge in [-0.05, 0) is 48.9 Å². The van der Waals surface area contributed by atoms with Crippen LogP contribution in [0.2, 0.25) is 0 Å². The van der Waals surface area contributed by atoms with Gasteiger partial charge in [-0.3, -0.25) is 9.52 Å². The minimum Gasteiger partial charge on any atom is -0.490 e. The molecular weight excluding hydrogens is 599 g/mol. The van der Waals surface area contributed by atoms with Gasteiger partial charge in [-0.1, -0.05) is 0 Å². The van der Waals surface area contributed by atoms with Crippen molar-refractivity contribution in [1.82, 2.24) is 20.3 Å². The van der Waals surface area contributed by atoms with E-state index in [0.717, 1.165) is 36.1 Å². The molecule has 0 radical (unpaired) electrons. The number of anilines is 1. The first-order valence-corrected chi connectivity index (χ1v) is 15.8. The third-order valence-electron chi connectivity index (χ3n) is 6.62. The van der Waals surface area contributed by atoms with Gasteiger partial charge in [0.25, 0.3) is 15.9 Å². The molecule has 216 valence electrons.